The molecule has 0 N–H and O–H groups in total. The summed E-state index contributed by atoms with van der Waals surface area (Å²) in [4.78, 5) is 16.9. The van der Waals surface area contributed by atoms with Gasteiger partial charge in [-0.1, -0.05) is 17.3 Å². The Labute approximate surface area is 148 Å². The molecule has 1 amide bonds. The Hall–Kier alpha value is -2.92. The van der Waals surface area contributed by atoms with E-state index in [0.29, 0.717) is 29.5 Å². The predicted molar refractivity (Wildman–Crippen MR) is 92.3 cm³/mol. The van der Waals surface area contributed by atoms with Crippen molar-refractivity contribution in [3.63, 3.8) is 0 Å². The van der Waals surface area contributed by atoms with Crippen LogP contribution < -0.4 is 14.3 Å². The maximum absolute atomic E-state index is 12.3. The lowest BCUT2D eigenvalue weighted by molar-refractivity contribution is -0.119. The molecule has 0 unspecified atom stereocenters. The predicted octanol–water partition coefficient (Wildman–Crippen LogP) is 1.67. The summed E-state index contributed by atoms with van der Waals surface area (Å²) in [6, 6.07) is 3.64. The van der Waals surface area contributed by atoms with Gasteiger partial charge in [0.2, 0.25) is 5.76 Å². The second-order valence-corrected chi connectivity index (χ2v) is 5.98. The van der Waals surface area contributed by atoms with E-state index in [0.717, 1.165) is 10.2 Å². The zero-order valence-corrected chi connectivity index (χ0v) is 14.6. The molecule has 1 aliphatic heterocycles. The highest BCUT2D eigenvalue weighted by Gasteiger charge is 2.16. The SMILES string of the molecule is C#CCn1c(=NC(=O)C2=COCCO2)sc2cc(OC)c(OC)cc21. The number of methoxy groups -OCH3 is 2. The first-order chi connectivity index (χ1) is 12.2. The maximum atomic E-state index is 12.3. The van der Waals surface area contributed by atoms with Crippen LogP contribution in [-0.4, -0.2) is 37.9 Å². The summed E-state index contributed by atoms with van der Waals surface area (Å²) < 4.78 is 23.7. The van der Waals surface area contributed by atoms with Crippen LogP contribution in [0.4, 0.5) is 0 Å². The first-order valence-electron chi connectivity index (χ1n) is 7.40. The van der Waals surface area contributed by atoms with E-state index in [1.807, 2.05) is 12.1 Å². The minimum absolute atomic E-state index is 0.0751. The van der Waals surface area contributed by atoms with Crippen molar-refractivity contribution in [1.82, 2.24) is 4.57 Å². The summed E-state index contributed by atoms with van der Waals surface area (Å²) in [5, 5.41) is 0. The number of carbonyl (C=O) groups excluding carboxylic acids is 1. The fraction of sp³-hybridized carbons (Fsp3) is 0.294. The Balaban J connectivity index is 2.15. The van der Waals surface area contributed by atoms with Crippen LogP contribution in [0.3, 0.4) is 0 Å². The van der Waals surface area contributed by atoms with Gasteiger partial charge in [0.05, 0.1) is 31.0 Å². The van der Waals surface area contributed by atoms with Gasteiger partial charge < -0.3 is 23.5 Å². The fourth-order valence-electron chi connectivity index (χ4n) is 2.35. The number of rotatable bonds is 4. The first-order valence-corrected chi connectivity index (χ1v) is 8.22. The van der Waals surface area contributed by atoms with Gasteiger partial charge in [-0.05, 0) is 0 Å². The van der Waals surface area contributed by atoms with Crippen LogP contribution in [0.5, 0.6) is 11.5 Å². The topological polar surface area (TPSA) is 71.3 Å². The standard InChI is InChI=1S/C17H16N2O5S/c1-4-5-19-11-8-12(21-2)13(22-3)9-15(11)25-17(19)18-16(20)14-10-23-6-7-24-14/h1,8-10H,5-7H2,2-3H3. The molecule has 8 heteroatoms. The molecule has 1 aromatic heterocycles. The van der Waals surface area contributed by atoms with Crippen LogP contribution >= 0.6 is 11.3 Å². The van der Waals surface area contributed by atoms with Gasteiger partial charge in [0.15, 0.2) is 16.3 Å². The number of aromatic nitrogens is 1. The molecule has 3 rings (SSSR count). The van der Waals surface area contributed by atoms with E-state index >= 15 is 0 Å². The molecule has 2 heterocycles. The molecule has 2 aromatic rings. The highest BCUT2D eigenvalue weighted by atomic mass is 32.1. The molecule has 1 aromatic carbocycles. The van der Waals surface area contributed by atoms with Crippen LogP contribution in [0.25, 0.3) is 10.2 Å². The van der Waals surface area contributed by atoms with Crippen LogP contribution in [0.2, 0.25) is 0 Å². The Morgan fingerprint density at radius 1 is 1.36 bits per heavy atom. The Kier molecular flexibility index (Phi) is 4.95. The molecular formula is C17H16N2O5S. The maximum Gasteiger partial charge on any atom is 0.317 e. The zero-order valence-electron chi connectivity index (χ0n) is 13.8. The van der Waals surface area contributed by atoms with Gasteiger partial charge in [-0.15, -0.1) is 6.42 Å². The van der Waals surface area contributed by atoms with Crippen LogP contribution in [0, 0.1) is 12.3 Å². The summed E-state index contributed by atoms with van der Waals surface area (Å²) in [5.74, 6) is 3.30. The lowest BCUT2D eigenvalue weighted by Gasteiger charge is -2.12. The second kappa shape index (κ2) is 7.32. The molecule has 0 fully saturated rings. The highest BCUT2D eigenvalue weighted by molar-refractivity contribution is 7.16. The summed E-state index contributed by atoms with van der Waals surface area (Å²) in [6.45, 7) is 0.993. The van der Waals surface area contributed by atoms with E-state index in [-0.39, 0.29) is 12.3 Å². The Bertz CT molecular complexity index is 948. The molecule has 7 nitrogen and oxygen atoms in total. The van der Waals surface area contributed by atoms with E-state index < -0.39 is 5.91 Å². The third-order valence-electron chi connectivity index (χ3n) is 3.49. The zero-order chi connectivity index (χ0) is 17.8. The number of amides is 1. The minimum Gasteiger partial charge on any atom is -0.494 e. The fourth-order valence-corrected chi connectivity index (χ4v) is 3.39. The van der Waals surface area contributed by atoms with Crippen molar-refractivity contribution in [1.29, 1.82) is 0 Å². The lowest BCUT2D eigenvalue weighted by atomic mass is 10.3. The molecule has 25 heavy (non-hydrogen) atoms. The number of ether oxygens (including phenoxy) is 4. The second-order valence-electron chi connectivity index (χ2n) is 4.97. The number of terminal acetylenes is 1. The quantitative estimate of drug-likeness (QED) is 0.776. The van der Waals surface area contributed by atoms with Gasteiger partial charge in [0, 0.05) is 12.1 Å². The van der Waals surface area contributed by atoms with E-state index in [1.165, 1.54) is 17.6 Å². The van der Waals surface area contributed by atoms with Crippen molar-refractivity contribution in [3.05, 3.63) is 29.0 Å². The van der Waals surface area contributed by atoms with Crippen LogP contribution in [0.15, 0.2) is 29.1 Å². The third-order valence-corrected chi connectivity index (χ3v) is 4.54. The number of nitrogens with zero attached hydrogens (tertiary/aromatic N) is 2. The van der Waals surface area contributed by atoms with Gasteiger partial charge in [-0.25, -0.2) is 0 Å². The van der Waals surface area contributed by atoms with E-state index in [9.17, 15) is 4.79 Å². The largest absolute Gasteiger partial charge is 0.494 e. The molecule has 1 aliphatic rings. The van der Waals surface area contributed by atoms with Crippen LogP contribution in [-0.2, 0) is 20.8 Å². The summed E-state index contributed by atoms with van der Waals surface area (Å²) in [6.07, 6.45) is 6.75. The van der Waals surface area contributed by atoms with Gasteiger partial charge in [-0.3, -0.25) is 4.79 Å². The first kappa shape index (κ1) is 16.9. The molecule has 0 bridgehead atoms. The molecule has 130 valence electrons. The van der Waals surface area contributed by atoms with Gasteiger partial charge in [0.1, 0.15) is 19.5 Å². The number of hydrogen-bond acceptors (Lipinski definition) is 6. The molecule has 0 spiro atoms. The number of fused-ring (bicyclic) bond motifs is 1. The average molecular weight is 360 g/mol. The van der Waals surface area contributed by atoms with E-state index in [4.69, 9.17) is 25.4 Å². The van der Waals surface area contributed by atoms with Gasteiger partial charge in [-0.2, -0.15) is 4.99 Å². The van der Waals surface area contributed by atoms with Crippen molar-refractivity contribution in [3.8, 4) is 23.8 Å². The van der Waals surface area contributed by atoms with Crippen LogP contribution in [0.1, 0.15) is 0 Å². The monoisotopic (exact) mass is 360 g/mol. The molecule has 0 atom stereocenters. The van der Waals surface area contributed by atoms with Crippen molar-refractivity contribution < 1.29 is 23.7 Å². The van der Waals surface area contributed by atoms with E-state index in [2.05, 4.69) is 10.9 Å². The molecule has 0 saturated carbocycles. The molecule has 0 radical (unpaired) electrons. The Morgan fingerprint density at radius 3 is 2.76 bits per heavy atom. The number of carbonyl (C=O) groups is 1. The van der Waals surface area contributed by atoms with Crippen molar-refractivity contribution in [2.24, 2.45) is 4.99 Å². The minimum atomic E-state index is -0.518. The molecular weight excluding hydrogens is 344 g/mol. The Morgan fingerprint density at radius 2 is 2.12 bits per heavy atom. The summed E-state index contributed by atoms with van der Waals surface area (Å²) >= 11 is 1.33. The number of benzene rings is 1. The normalized spacial score (nSPS) is 14.3. The highest BCUT2D eigenvalue weighted by Crippen LogP contribution is 2.33. The lowest BCUT2D eigenvalue weighted by Crippen LogP contribution is -2.19. The summed E-state index contributed by atoms with van der Waals surface area (Å²) in [7, 11) is 3.12. The van der Waals surface area contributed by atoms with E-state index in [1.54, 1.807) is 18.8 Å². The van der Waals surface area contributed by atoms with Crippen molar-refractivity contribution in [2.75, 3.05) is 27.4 Å². The summed E-state index contributed by atoms with van der Waals surface area (Å²) in [5.41, 5.74) is 0.807. The molecule has 0 aliphatic carbocycles. The van der Waals surface area contributed by atoms with Gasteiger partial charge >= 0.3 is 5.91 Å². The number of hydrogen-bond donors (Lipinski definition) is 0. The average Bonchev–Trinajstić information content (AvgIpc) is 2.97. The molecule has 0 saturated heterocycles. The van der Waals surface area contributed by atoms with Crippen molar-refractivity contribution >= 4 is 27.5 Å². The third kappa shape index (κ3) is 3.32. The number of thiazole rings is 1. The van der Waals surface area contributed by atoms with Crippen molar-refractivity contribution in [2.45, 2.75) is 6.54 Å². The van der Waals surface area contributed by atoms with Gasteiger partial charge in [0.25, 0.3) is 0 Å². The smallest absolute Gasteiger partial charge is 0.317 e.